The Bertz CT molecular complexity index is 381. The largest absolute Gasteiger partial charge is 0.365 e. The van der Waals surface area contributed by atoms with E-state index in [1.54, 1.807) is 6.92 Å². The number of rotatable bonds is 1. The maximum Gasteiger partial charge on any atom is 0.347 e. The molecule has 1 heterocycles. The second-order valence-corrected chi connectivity index (χ2v) is 2.50. The maximum atomic E-state index is 10.9. The van der Waals surface area contributed by atoms with Crippen molar-refractivity contribution in [3.8, 4) is 0 Å². The van der Waals surface area contributed by atoms with Gasteiger partial charge in [-0.1, -0.05) is 0 Å². The van der Waals surface area contributed by atoms with Gasteiger partial charge in [0.15, 0.2) is 0 Å². The molecular formula is C7H9N3O2. The first kappa shape index (κ1) is 8.45. The molecule has 0 aliphatic rings. The van der Waals surface area contributed by atoms with Crippen LogP contribution in [0.3, 0.4) is 0 Å². The average Bonchev–Trinajstić information content (AvgIpc) is 1.96. The highest BCUT2D eigenvalue weighted by molar-refractivity contribution is 5.93. The van der Waals surface area contributed by atoms with Crippen molar-refractivity contribution >= 4 is 5.91 Å². The summed E-state index contributed by atoms with van der Waals surface area (Å²) < 4.78 is 1.22. The molecule has 0 radical (unpaired) electrons. The van der Waals surface area contributed by atoms with Gasteiger partial charge < -0.3 is 10.3 Å². The van der Waals surface area contributed by atoms with Gasteiger partial charge in [0.1, 0.15) is 0 Å². The normalized spacial score (nSPS) is 9.83. The summed E-state index contributed by atoms with van der Waals surface area (Å²) in [5.74, 6) is -0.574. The number of nitrogens with two attached hydrogens (primary N) is 1. The number of hydrogen-bond acceptors (Lipinski definition) is 3. The molecule has 5 heteroatoms. The molecule has 0 atom stereocenters. The van der Waals surface area contributed by atoms with E-state index < -0.39 is 11.6 Å². The number of amides is 1. The Morgan fingerprint density at radius 2 is 2.25 bits per heavy atom. The molecule has 0 aliphatic carbocycles. The van der Waals surface area contributed by atoms with Gasteiger partial charge in [-0.25, -0.2) is 4.79 Å². The molecule has 0 fully saturated rings. The van der Waals surface area contributed by atoms with Crippen LogP contribution in [0.25, 0.3) is 0 Å². The number of hydrogen-bond donors (Lipinski definition) is 1. The first-order chi connectivity index (χ1) is 5.52. The second kappa shape index (κ2) is 2.77. The van der Waals surface area contributed by atoms with E-state index in [1.807, 2.05) is 0 Å². The van der Waals surface area contributed by atoms with Crippen molar-refractivity contribution < 1.29 is 4.79 Å². The maximum absolute atomic E-state index is 10.9. The summed E-state index contributed by atoms with van der Waals surface area (Å²) in [5.41, 5.74) is 5.29. The minimum absolute atomic E-state index is 0.275. The third-order valence-electron chi connectivity index (χ3n) is 1.54. The van der Waals surface area contributed by atoms with Gasteiger partial charge in [0.05, 0.1) is 11.3 Å². The predicted molar refractivity (Wildman–Crippen MR) is 42.7 cm³/mol. The van der Waals surface area contributed by atoms with Crippen molar-refractivity contribution in [3.63, 3.8) is 0 Å². The Morgan fingerprint density at radius 3 is 2.75 bits per heavy atom. The van der Waals surface area contributed by atoms with E-state index in [1.165, 1.54) is 17.8 Å². The molecule has 0 saturated carbocycles. The van der Waals surface area contributed by atoms with Crippen molar-refractivity contribution in [3.05, 3.63) is 27.9 Å². The number of nitrogens with zero attached hydrogens (tertiary/aromatic N) is 2. The van der Waals surface area contributed by atoms with Crippen LogP contribution >= 0.6 is 0 Å². The van der Waals surface area contributed by atoms with Gasteiger partial charge in [0, 0.05) is 13.2 Å². The molecule has 64 valence electrons. The molecule has 12 heavy (non-hydrogen) atoms. The fourth-order valence-electron chi connectivity index (χ4n) is 0.867. The standard InChI is InChI=1S/C7H9N3O2/c1-4-5(6(8)11)3-10(2)7(12)9-4/h3H,1-2H3,(H2,8,11). The number of carbonyl (C=O) groups excluding carboxylic acids is 1. The van der Waals surface area contributed by atoms with E-state index in [0.29, 0.717) is 5.69 Å². The zero-order chi connectivity index (χ0) is 9.30. The molecule has 0 saturated heterocycles. The minimum atomic E-state index is -0.574. The molecule has 0 unspecified atom stereocenters. The summed E-state index contributed by atoms with van der Waals surface area (Å²) in [6, 6.07) is 0. The van der Waals surface area contributed by atoms with Crippen LogP contribution in [0.5, 0.6) is 0 Å². The monoisotopic (exact) mass is 167 g/mol. The molecule has 1 aromatic heterocycles. The summed E-state index contributed by atoms with van der Waals surface area (Å²) in [4.78, 5) is 25.3. The smallest absolute Gasteiger partial charge is 0.347 e. The zero-order valence-corrected chi connectivity index (χ0v) is 6.87. The molecule has 1 aromatic rings. The molecule has 1 amide bonds. The number of carbonyl (C=O) groups is 1. The van der Waals surface area contributed by atoms with Crippen LogP contribution in [-0.4, -0.2) is 15.5 Å². The van der Waals surface area contributed by atoms with Crippen molar-refractivity contribution in [2.24, 2.45) is 12.8 Å². The molecule has 2 N–H and O–H groups in total. The average molecular weight is 167 g/mol. The summed E-state index contributed by atoms with van der Waals surface area (Å²) in [6.45, 7) is 1.57. The fraction of sp³-hybridized carbons (Fsp3) is 0.286. The van der Waals surface area contributed by atoms with E-state index in [9.17, 15) is 9.59 Å². The van der Waals surface area contributed by atoms with E-state index in [2.05, 4.69) is 4.98 Å². The summed E-state index contributed by atoms with van der Waals surface area (Å²) in [6.07, 6.45) is 1.38. The molecule has 0 bridgehead atoms. The zero-order valence-electron chi connectivity index (χ0n) is 6.87. The van der Waals surface area contributed by atoms with Gasteiger partial charge in [-0.15, -0.1) is 0 Å². The van der Waals surface area contributed by atoms with Gasteiger partial charge in [-0.3, -0.25) is 4.79 Å². The molecule has 0 aromatic carbocycles. The van der Waals surface area contributed by atoms with Gasteiger partial charge in [-0.2, -0.15) is 4.98 Å². The van der Waals surface area contributed by atoms with Crippen molar-refractivity contribution in [2.75, 3.05) is 0 Å². The van der Waals surface area contributed by atoms with Gasteiger partial charge in [0.25, 0.3) is 5.91 Å². The Kier molecular flexibility index (Phi) is 1.95. The van der Waals surface area contributed by atoms with Crippen LogP contribution in [0.4, 0.5) is 0 Å². The van der Waals surface area contributed by atoms with Crippen LogP contribution in [0.2, 0.25) is 0 Å². The van der Waals surface area contributed by atoms with Gasteiger partial charge >= 0.3 is 5.69 Å². The Balaban J connectivity index is 3.43. The predicted octanol–water partition coefficient (Wildman–Crippen LogP) is -0.812. The van der Waals surface area contributed by atoms with Crippen LogP contribution in [0.1, 0.15) is 16.1 Å². The van der Waals surface area contributed by atoms with E-state index in [-0.39, 0.29) is 5.56 Å². The molecule has 0 aliphatic heterocycles. The van der Waals surface area contributed by atoms with Crippen LogP contribution in [0, 0.1) is 6.92 Å². The van der Waals surface area contributed by atoms with E-state index >= 15 is 0 Å². The molecule has 5 nitrogen and oxygen atoms in total. The molecule has 1 rings (SSSR count). The first-order valence-corrected chi connectivity index (χ1v) is 3.36. The lowest BCUT2D eigenvalue weighted by Gasteiger charge is -2.01. The lowest BCUT2D eigenvalue weighted by Crippen LogP contribution is -2.25. The SMILES string of the molecule is Cc1nc(=O)n(C)cc1C(N)=O. The Labute approximate surface area is 68.8 Å². The van der Waals surface area contributed by atoms with Crippen LogP contribution in [0.15, 0.2) is 11.0 Å². The summed E-state index contributed by atoms with van der Waals surface area (Å²) in [7, 11) is 1.52. The lowest BCUT2D eigenvalue weighted by molar-refractivity contribution is 0.0998. The quantitative estimate of drug-likeness (QED) is 0.594. The topological polar surface area (TPSA) is 78.0 Å². The lowest BCUT2D eigenvalue weighted by atomic mass is 10.2. The fourth-order valence-corrected chi connectivity index (χ4v) is 0.867. The van der Waals surface area contributed by atoms with Gasteiger partial charge in [-0.05, 0) is 6.92 Å². The summed E-state index contributed by atoms with van der Waals surface area (Å²) in [5, 5.41) is 0. The number of aryl methyl sites for hydroxylation is 2. The number of primary amides is 1. The van der Waals surface area contributed by atoms with Crippen molar-refractivity contribution in [2.45, 2.75) is 6.92 Å². The Morgan fingerprint density at radius 1 is 1.67 bits per heavy atom. The Hall–Kier alpha value is -1.65. The van der Waals surface area contributed by atoms with Crippen LogP contribution < -0.4 is 11.4 Å². The van der Waals surface area contributed by atoms with Gasteiger partial charge in [0.2, 0.25) is 0 Å². The highest BCUT2D eigenvalue weighted by Crippen LogP contribution is 1.98. The van der Waals surface area contributed by atoms with Crippen LogP contribution in [-0.2, 0) is 7.05 Å². The summed E-state index contributed by atoms with van der Waals surface area (Å²) >= 11 is 0. The highest BCUT2D eigenvalue weighted by Gasteiger charge is 2.07. The van der Waals surface area contributed by atoms with E-state index in [0.717, 1.165) is 0 Å². The third kappa shape index (κ3) is 1.34. The van der Waals surface area contributed by atoms with E-state index in [4.69, 9.17) is 5.73 Å². The number of aromatic nitrogens is 2. The van der Waals surface area contributed by atoms with Crippen molar-refractivity contribution in [1.29, 1.82) is 0 Å². The first-order valence-electron chi connectivity index (χ1n) is 3.36. The minimum Gasteiger partial charge on any atom is -0.365 e. The molecule has 0 spiro atoms. The second-order valence-electron chi connectivity index (χ2n) is 2.50. The van der Waals surface area contributed by atoms with Crippen molar-refractivity contribution in [1.82, 2.24) is 9.55 Å². The molecular weight excluding hydrogens is 158 g/mol. The third-order valence-corrected chi connectivity index (χ3v) is 1.54. The highest BCUT2D eigenvalue weighted by atomic mass is 16.1.